The number of amides is 1. The second-order valence-electron chi connectivity index (χ2n) is 4.75. The van der Waals surface area contributed by atoms with Crippen molar-refractivity contribution in [1.29, 1.82) is 0 Å². The Morgan fingerprint density at radius 3 is 2.90 bits per heavy atom. The second kappa shape index (κ2) is 7.35. The molecule has 1 fully saturated rings. The van der Waals surface area contributed by atoms with E-state index in [1.165, 1.54) is 11.0 Å². The van der Waals surface area contributed by atoms with Crippen molar-refractivity contribution in [3.8, 4) is 0 Å². The first-order valence-electron chi connectivity index (χ1n) is 6.45. The molecular formula is C13H15Cl2F2N3O. The van der Waals surface area contributed by atoms with Crippen LogP contribution in [0.5, 0.6) is 0 Å². The molecule has 2 N–H and O–H groups in total. The molecule has 4 nitrogen and oxygen atoms in total. The van der Waals surface area contributed by atoms with Gasteiger partial charge in [0.15, 0.2) is 0 Å². The first-order valence-corrected chi connectivity index (χ1v) is 7.21. The van der Waals surface area contributed by atoms with Gasteiger partial charge in [0.25, 0.3) is 6.43 Å². The normalized spacial score (nSPS) is 19.8. The number of hydrogen-bond donors (Lipinski definition) is 2. The van der Waals surface area contributed by atoms with Crippen LogP contribution in [0.15, 0.2) is 18.2 Å². The molecule has 1 aliphatic rings. The third-order valence-corrected chi connectivity index (χ3v) is 3.79. The Labute approximate surface area is 131 Å². The fraction of sp³-hybridized carbons (Fsp3) is 0.462. The van der Waals surface area contributed by atoms with Crippen molar-refractivity contribution in [1.82, 2.24) is 10.2 Å². The number of nitrogens with one attached hydrogen (secondary N) is 2. The zero-order valence-corrected chi connectivity index (χ0v) is 12.6. The van der Waals surface area contributed by atoms with E-state index in [0.717, 1.165) is 0 Å². The number of carbonyl (C=O) groups excluding carboxylic acids is 1. The number of piperazine rings is 1. The van der Waals surface area contributed by atoms with E-state index in [1.54, 1.807) is 12.1 Å². The molecule has 0 radical (unpaired) electrons. The molecule has 0 aliphatic carbocycles. The third kappa shape index (κ3) is 4.51. The van der Waals surface area contributed by atoms with Gasteiger partial charge in [0.1, 0.15) is 0 Å². The van der Waals surface area contributed by atoms with Gasteiger partial charge in [-0.15, -0.1) is 0 Å². The molecule has 21 heavy (non-hydrogen) atoms. The average Bonchev–Trinajstić information content (AvgIpc) is 2.42. The maximum absolute atomic E-state index is 12.9. The van der Waals surface area contributed by atoms with Crippen molar-refractivity contribution in [3.63, 3.8) is 0 Å². The van der Waals surface area contributed by atoms with Crippen LogP contribution in [0.25, 0.3) is 0 Å². The number of anilines is 1. The maximum atomic E-state index is 12.9. The van der Waals surface area contributed by atoms with Gasteiger partial charge in [0, 0.05) is 24.7 Å². The van der Waals surface area contributed by atoms with E-state index in [-0.39, 0.29) is 19.0 Å². The van der Waals surface area contributed by atoms with Gasteiger partial charge < -0.3 is 10.6 Å². The van der Waals surface area contributed by atoms with E-state index in [0.29, 0.717) is 28.8 Å². The van der Waals surface area contributed by atoms with Crippen molar-refractivity contribution < 1.29 is 13.6 Å². The predicted molar refractivity (Wildman–Crippen MR) is 79.3 cm³/mol. The Hall–Kier alpha value is -0.950. The van der Waals surface area contributed by atoms with Gasteiger partial charge in [-0.3, -0.25) is 9.69 Å². The van der Waals surface area contributed by atoms with Crippen molar-refractivity contribution in [2.24, 2.45) is 0 Å². The summed E-state index contributed by atoms with van der Waals surface area (Å²) in [6, 6.07) is 3.72. The van der Waals surface area contributed by atoms with Crippen LogP contribution in [0.3, 0.4) is 0 Å². The Balaban J connectivity index is 1.97. The van der Waals surface area contributed by atoms with Crippen LogP contribution in [0.4, 0.5) is 14.5 Å². The highest BCUT2D eigenvalue weighted by molar-refractivity contribution is 6.36. The van der Waals surface area contributed by atoms with Gasteiger partial charge in [-0.25, -0.2) is 8.78 Å². The molecule has 1 saturated heterocycles. The number of halogens is 4. The second-order valence-corrected chi connectivity index (χ2v) is 5.59. The molecule has 0 spiro atoms. The minimum atomic E-state index is -2.50. The van der Waals surface area contributed by atoms with E-state index >= 15 is 0 Å². The van der Waals surface area contributed by atoms with Gasteiger partial charge >= 0.3 is 0 Å². The fourth-order valence-corrected chi connectivity index (χ4v) is 2.63. The zero-order valence-electron chi connectivity index (χ0n) is 11.1. The van der Waals surface area contributed by atoms with Crippen molar-refractivity contribution in [2.45, 2.75) is 12.5 Å². The molecule has 1 atom stereocenters. The Bertz CT molecular complexity index is 516. The molecule has 1 aromatic rings. The summed E-state index contributed by atoms with van der Waals surface area (Å²) in [7, 11) is 0. The number of nitrogens with zero attached hydrogens (tertiary/aromatic N) is 1. The minimum Gasteiger partial charge on any atom is -0.324 e. The topological polar surface area (TPSA) is 44.4 Å². The van der Waals surface area contributed by atoms with E-state index in [2.05, 4.69) is 10.6 Å². The first kappa shape index (κ1) is 16.4. The summed E-state index contributed by atoms with van der Waals surface area (Å²) in [4.78, 5) is 13.4. The van der Waals surface area contributed by atoms with Gasteiger partial charge in [0.2, 0.25) is 5.91 Å². The fourth-order valence-electron chi connectivity index (χ4n) is 2.18. The van der Waals surface area contributed by atoms with Crippen LogP contribution in [0.2, 0.25) is 10.0 Å². The summed E-state index contributed by atoms with van der Waals surface area (Å²) in [5, 5.41) is 6.27. The van der Waals surface area contributed by atoms with Gasteiger partial charge in [-0.1, -0.05) is 23.2 Å². The SMILES string of the molecule is O=C(CN1CCNCC1C(F)F)Nc1ccc(Cl)cc1Cl. The van der Waals surface area contributed by atoms with E-state index < -0.39 is 12.5 Å². The number of benzene rings is 1. The molecule has 1 amide bonds. The molecule has 116 valence electrons. The van der Waals surface area contributed by atoms with Gasteiger partial charge in [-0.05, 0) is 18.2 Å². The summed E-state index contributed by atoms with van der Waals surface area (Å²) in [6.07, 6.45) is -2.50. The van der Waals surface area contributed by atoms with Gasteiger partial charge in [0.05, 0.1) is 23.3 Å². The lowest BCUT2D eigenvalue weighted by atomic mass is 10.2. The summed E-state index contributed by atoms with van der Waals surface area (Å²) in [6.45, 7) is 1.05. The summed E-state index contributed by atoms with van der Waals surface area (Å²) in [5.41, 5.74) is 0.412. The van der Waals surface area contributed by atoms with Crippen LogP contribution in [0, 0.1) is 0 Å². The Kier molecular flexibility index (Phi) is 5.75. The third-order valence-electron chi connectivity index (χ3n) is 3.24. The minimum absolute atomic E-state index is 0.102. The number of hydrogen-bond acceptors (Lipinski definition) is 3. The number of alkyl halides is 2. The highest BCUT2D eigenvalue weighted by atomic mass is 35.5. The monoisotopic (exact) mass is 337 g/mol. The quantitative estimate of drug-likeness (QED) is 0.887. The molecule has 2 rings (SSSR count). The lowest BCUT2D eigenvalue weighted by molar-refractivity contribution is -0.119. The first-order chi connectivity index (χ1) is 9.97. The molecule has 1 aromatic carbocycles. The van der Waals surface area contributed by atoms with Crippen molar-refractivity contribution >= 4 is 34.8 Å². The zero-order chi connectivity index (χ0) is 15.4. The van der Waals surface area contributed by atoms with E-state index in [4.69, 9.17) is 23.2 Å². The Morgan fingerprint density at radius 2 is 2.24 bits per heavy atom. The Morgan fingerprint density at radius 1 is 1.48 bits per heavy atom. The van der Waals surface area contributed by atoms with Crippen LogP contribution in [-0.4, -0.2) is 49.5 Å². The maximum Gasteiger partial charge on any atom is 0.255 e. The lowest BCUT2D eigenvalue weighted by Crippen LogP contribution is -2.56. The van der Waals surface area contributed by atoms with Crippen molar-refractivity contribution in [3.05, 3.63) is 28.2 Å². The molecule has 0 aromatic heterocycles. The van der Waals surface area contributed by atoms with Crippen molar-refractivity contribution in [2.75, 3.05) is 31.5 Å². The number of rotatable bonds is 4. The molecule has 1 heterocycles. The lowest BCUT2D eigenvalue weighted by Gasteiger charge is -2.34. The van der Waals surface area contributed by atoms with Crippen LogP contribution in [-0.2, 0) is 4.79 Å². The van der Waals surface area contributed by atoms with E-state index in [1.807, 2.05) is 0 Å². The molecule has 8 heteroatoms. The standard InChI is InChI=1S/C13H15Cl2F2N3O/c14-8-1-2-10(9(15)5-8)19-12(21)7-20-4-3-18-6-11(20)13(16)17/h1-2,5,11,13,18H,3-4,6-7H2,(H,19,21). The number of carbonyl (C=O) groups is 1. The summed E-state index contributed by atoms with van der Waals surface area (Å²) < 4.78 is 25.8. The molecule has 0 saturated carbocycles. The molecule has 1 aliphatic heterocycles. The smallest absolute Gasteiger partial charge is 0.255 e. The average molecular weight is 338 g/mol. The highest BCUT2D eigenvalue weighted by Gasteiger charge is 2.31. The molecule has 1 unspecified atom stereocenters. The largest absolute Gasteiger partial charge is 0.324 e. The molecule has 0 bridgehead atoms. The summed E-state index contributed by atoms with van der Waals surface area (Å²) >= 11 is 11.7. The summed E-state index contributed by atoms with van der Waals surface area (Å²) in [5.74, 6) is -0.383. The van der Waals surface area contributed by atoms with Crippen LogP contribution < -0.4 is 10.6 Å². The predicted octanol–water partition coefficient (Wildman–Crippen LogP) is 2.47. The van der Waals surface area contributed by atoms with E-state index in [9.17, 15) is 13.6 Å². The highest BCUT2D eigenvalue weighted by Crippen LogP contribution is 2.25. The molecular weight excluding hydrogens is 323 g/mol. The van der Waals surface area contributed by atoms with Gasteiger partial charge in [-0.2, -0.15) is 0 Å². The van der Waals surface area contributed by atoms with Crippen LogP contribution >= 0.6 is 23.2 Å². The van der Waals surface area contributed by atoms with Crippen LogP contribution in [0.1, 0.15) is 0 Å².